The Morgan fingerprint density at radius 3 is 2.63 bits per heavy atom. The minimum absolute atomic E-state index is 0.230. The SMILES string of the molecule is Cc1cc(=O)oc2cc(OCC(=O)Nc3ccc(N4CCOCC4)cc3)c(Cl)cc12. The molecular formula is C22H21ClN2O5. The van der Waals surface area contributed by atoms with E-state index in [0.29, 0.717) is 16.3 Å². The van der Waals surface area contributed by atoms with Crippen molar-refractivity contribution in [2.75, 3.05) is 43.1 Å². The molecule has 4 rings (SSSR count). The lowest BCUT2D eigenvalue weighted by atomic mass is 10.1. The van der Waals surface area contributed by atoms with Gasteiger partial charge in [0, 0.05) is 42.0 Å². The number of amides is 1. The number of nitrogens with one attached hydrogen (secondary N) is 1. The summed E-state index contributed by atoms with van der Waals surface area (Å²) in [4.78, 5) is 26.1. The Balaban J connectivity index is 1.39. The van der Waals surface area contributed by atoms with E-state index in [1.54, 1.807) is 13.0 Å². The van der Waals surface area contributed by atoms with Gasteiger partial charge >= 0.3 is 5.63 Å². The van der Waals surface area contributed by atoms with E-state index in [-0.39, 0.29) is 18.3 Å². The van der Waals surface area contributed by atoms with Crippen molar-refractivity contribution in [3.8, 4) is 5.75 Å². The fourth-order valence-electron chi connectivity index (χ4n) is 3.35. The maximum absolute atomic E-state index is 12.3. The standard InChI is InChI=1S/C22H21ClN2O5/c1-14-10-22(27)30-19-12-20(18(23)11-17(14)19)29-13-21(26)24-15-2-4-16(5-3-15)25-6-8-28-9-7-25/h2-5,10-12H,6-9,13H2,1H3,(H,24,26). The fourth-order valence-corrected chi connectivity index (χ4v) is 3.57. The fraction of sp³-hybridized carbons (Fsp3) is 0.273. The number of halogens is 1. The van der Waals surface area contributed by atoms with Crippen molar-refractivity contribution < 1.29 is 18.7 Å². The molecule has 0 bridgehead atoms. The summed E-state index contributed by atoms with van der Waals surface area (Å²) >= 11 is 6.26. The normalized spacial score (nSPS) is 14.0. The number of morpholine rings is 1. The van der Waals surface area contributed by atoms with Crippen LogP contribution in [0.5, 0.6) is 5.75 Å². The van der Waals surface area contributed by atoms with Crippen LogP contribution < -0.4 is 20.6 Å². The van der Waals surface area contributed by atoms with Gasteiger partial charge in [-0.1, -0.05) is 11.6 Å². The second-order valence-corrected chi connectivity index (χ2v) is 7.42. The van der Waals surface area contributed by atoms with Crippen molar-refractivity contribution in [2.24, 2.45) is 0 Å². The van der Waals surface area contributed by atoms with Gasteiger partial charge in [0.2, 0.25) is 0 Å². The molecule has 3 aromatic rings. The molecule has 1 aliphatic heterocycles. The van der Waals surface area contributed by atoms with Gasteiger partial charge in [0.05, 0.1) is 18.2 Å². The summed E-state index contributed by atoms with van der Waals surface area (Å²) in [6.45, 7) is 4.71. The Hall–Kier alpha value is -3.03. The van der Waals surface area contributed by atoms with Crippen LogP contribution in [-0.4, -0.2) is 38.8 Å². The lowest BCUT2D eigenvalue weighted by Crippen LogP contribution is -2.36. The van der Waals surface area contributed by atoms with E-state index in [9.17, 15) is 9.59 Å². The molecule has 2 aromatic carbocycles. The third-order valence-corrected chi connectivity index (χ3v) is 5.19. The Kier molecular flexibility index (Phi) is 5.92. The van der Waals surface area contributed by atoms with Crippen LogP contribution >= 0.6 is 11.6 Å². The van der Waals surface area contributed by atoms with E-state index in [1.165, 1.54) is 12.1 Å². The zero-order chi connectivity index (χ0) is 21.1. The second kappa shape index (κ2) is 8.77. The van der Waals surface area contributed by atoms with Crippen molar-refractivity contribution >= 4 is 39.9 Å². The van der Waals surface area contributed by atoms with Crippen LogP contribution in [0.4, 0.5) is 11.4 Å². The van der Waals surface area contributed by atoms with E-state index in [0.717, 1.165) is 42.9 Å². The van der Waals surface area contributed by atoms with E-state index in [1.807, 2.05) is 24.3 Å². The molecule has 0 spiro atoms. The smallest absolute Gasteiger partial charge is 0.336 e. The zero-order valence-electron chi connectivity index (χ0n) is 16.4. The monoisotopic (exact) mass is 428 g/mol. The Labute approximate surface area is 178 Å². The molecule has 2 heterocycles. The molecule has 0 aliphatic carbocycles. The number of rotatable bonds is 5. The molecule has 30 heavy (non-hydrogen) atoms. The summed E-state index contributed by atoms with van der Waals surface area (Å²) in [6, 6.07) is 12.2. The number of fused-ring (bicyclic) bond motifs is 1. The minimum Gasteiger partial charge on any atom is -0.482 e. The second-order valence-electron chi connectivity index (χ2n) is 7.01. The van der Waals surface area contributed by atoms with Gasteiger partial charge in [0.25, 0.3) is 5.91 Å². The lowest BCUT2D eigenvalue weighted by Gasteiger charge is -2.28. The number of hydrogen-bond acceptors (Lipinski definition) is 6. The topological polar surface area (TPSA) is 81.0 Å². The molecule has 0 radical (unpaired) electrons. The first-order valence-electron chi connectivity index (χ1n) is 9.59. The van der Waals surface area contributed by atoms with Crippen LogP contribution in [0.15, 0.2) is 51.7 Å². The first-order valence-corrected chi connectivity index (χ1v) is 9.97. The highest BCUT2D eigenvalue weighted by Crippen LogP contribution is 2.31. The quantitative estimate of drug-likeness (QED) is 0.625. The number of anilines is 2. The van der Waals surface area contributed by atoms with E-state index < -0.39 is 5.63 Å². The molecule has 1 aromatic heterocycles. The highest BCUT2D eigenvalue weighted by atomic mass is 35.5. The molecule has 1 aliphatic rings. The molecule has 0 atom stereocenters. The van der Waals surface area contributed by atoms with Crippen molar-refractivity contribution in [3.05, 3.63) is 63.5 Å². The zero-order valence-corrected chi connectivity index (χ0v) is 17.2. The Morgan fingerprint density at radius 2 is 1.90 bits per heavy atom. The number of nitrogens with zero attached hydrogens (tertiary/aromatic N) is 1. The summed E-state index contributed by atoms with van der Waals surface area (Å²) < 4.78 is 16.1. The first kappa shape index (κ1) is 20.3. The van der Waals surface area contributed by atoms with Crippen molar-refractivity contribution in [1.82, 2.24) is 0 Å². The maximum Gasteiger partial charge on any atom is 0.336 e. The summed E-state index contributed by atoms with van der Waals surface area (Å²) in [5.74, 6) is -0.0493. The average Bonchev–Trinajstić information content (AvgIpc) is 2.74. The van der Waals surface area contributed by atoms with Crippen LogP contribution in [0.3, 0.4) is 0 Å². The average molecular weight is 429 g/mol. The first-order chi connectivity index (χ1) is 14.5. The van der Waals surface area contributed by atoms with Gasteiger partial charge in [-0.25, -0.2) is 4.79 Å². The van der Waals surface area contributed by atoms with Gasteiger partial charge in [-0.2, -0.15) is 0 Å². The number of ether oxygens (including phenoxy) is 2. The van der Waals surface area contributed by atoms with Gasteiger partial charge in [-0.15, -0.1) is 0 Å². The van der Waals surface area contributed by atoms with Crippen LogP contribution in [0.1, 0.15) is 5.56 Å². The predicted octanol–water partition coefficient (Wildman–Crippen LogP) is 3.61. The lowest BCUT2D eigenvalue weighted by molar-refractivity contribution is -0.118. The highest BCUT2D eigenvalue weighted by Gasteiger charge is 2.13. The number of hydrogen-bond donors (Lipinski definition) is 1. The highest BCUT2D eigenvalue weighted by molar-refractivity contribution is 6.32. The van der Waals surface area contributed by atoms with Crippen LogP contribution in [0, 0.1) is 6.92 Å². The molecule has 0 saturated carbocycles. The Morgan fingerprint density at radius 1 is 1.17 bits per heavy atom. The molecule has 156 valence electrons. The summed E-state index contributed by atoms with van der Waals surface area (Å²) in [7, 11) is 0. The van der Waals surface area contributed by atoms with E-state index in [2.05, 4.69) is 10.2 Å². The van der Waals surface area contributed by atoms with Gasteiger partial charge in [0.15, 0.2) is 6.61 Å². The predicted molar refractivity (Wildman–Crippen MR) is 116 cm³/mol. The maximum atomic E-state index is 12.3. The molecule has 1 saturated heterocycles. The minimum atomic E-state index is -0.452. The number of carbonyl (C=O) groups is 1. The Bertz CT molecular complexity index is 1120. The molecule has 0 unspecified atom stereocenters. The molecule has 1 fully saturated rings. The van der Waals surface area contributed by atoms with Crippen LogP contribution in [0.25, 0.3) is 11.0 Å². The molecule has 8 heteroatoms. The van der Waals surface area contributed by atoms with Crippen molar-refractivity contribution in [2.45, 2.75) is 6.92 Å². The summed E-state index contributed by atoms with van der Waals surface area (Å²) in [5, 5.41) is 3.85. The third kappa shape index (κ3) is 4.58. The van der Waals surface area contributed by atoms with Gasteiger partial charge in [-0.3, -0.25) is 4.79 Å². The van der Waals surface area contributed by atoms with Gasteiger partial charge < -0.3 is 24.1 Å². The number of benzene rings is 2. The summed E-state index contributed by atoms with van der Waals surface area (Å²) in [5.41, 5.74) is 2.43. The van der Waals surface area contributed by atoms with Crippen LogP contribution in [0.2, 0.25) is 5.02 Å². The molecule has 7 nitrogen and oxygen atoms in total. The molecule has 1 amide bonds. The van der Waals surface area contributed by atoms with E-state index >= 15 is 0 Å². The van der Waals surface area contributed by atoms with Crippen molar-refractivity contribution in [1.29, 1.82) is 0 Å². The largest absolute Gasteiger partial charge is 0.482 e. The molecular weight excluding hydrogens is 408 g/mol. The van der Waals surface area contributed by atoms with E-state index in [4.69, 9.17) is 25.5 Å². The molecule has 1 N–H and O–H groups in total. The van der Waals surface area contributed by atoms with Crippen LogP contribution in [-0.2, 0) is 9.53 Å². The third-order valence-electron chi connectivity index (χ3n) is 4.89. The summed E-state index contributed by atoms with van der Waals surface area (Å²) in [6.07, 6.45) is 0. The number of carbonyl (C=O) groups excluding carboxylic acids is 1. The van der Waals surface area contributed by atoms with Gasteiger partial charge in [-0.05, 0) is 42.8 Å². The van der Waals surface area contributed by atoms with Gasteiger partial charge in [0.1, 0.15) is 11.3 Å². The van der Waals surface area contributed by atoms with Crippen molar-refractivity contribution in [3.63, 3.8) is 0 Å². The number of aryl methyl sites for hydroxylation is 1.